The Morgan fingerprint density at radius 1 is 1.13 bits per heavy atom. The third-order valence-corrected chi connectivity index (χ3v) is 6.82. The van der Waals surface area contributed by atoms with Gasteiger partial charge in [0.25, 0.3) is 6.43 Å². The number of imidazole rings is 1. The summed E-state index contributed by atoms with van der Waals surface area (Å²) in [5, 5.41) is 18.5. The Hall–Kier alpha value is -4.11. The summed E-state index contributed by atoms with van der Waals surface area (Å²) in [7, 11) is 1.22. The van der Waals surface area contributed by atoms with Gasteiger partial charge in [0.05, 0.1) is 31.2 Å². The van der Waals surface area contributed by atoms with Gasteiger partial charge in [-0.15, -0.1) is 10.2 Å². The lowest BCUT2D eigenvalue weighted by Gasteiger charge is -2.43. The van der Waals surface area contributed by atoms with Crippen molar-refractivity contribution in [3.63, 3.8) is 0 Å². The Balaban J connectivity index is 1.60. The largest absolute Gasteiger partial charge is 0.494 e. The van der Waals surface area contributed by atoms with Crippen molar-refractivity contribution in [3.8, 4) is 17.0 Å². The van der Waals surface area contributed by atoms with Gasteiger partial charge in [-0.05, 0) is 25.0 Å². The highest BCUT2D eigenvalue weighted by atomic mass is 19.3. The van der Waals surface area contributed by atoms with E-state index in [-0.39, 0.29) is 48.2 Å². The fraction of sp³-hybridized carbons (Fsp3) is 0.375. The zero-order valence-electron chi connectivity index (χ0n) is 20.7. The number of alkyl halides is 2. The molecular formula is C24H25F4N9O2. The maximum absolute atomic E-state index is 14.9. The van der Waals surface area contributed by atoms with Gasteiger partial charge in [0.2, 0.25) is 0 Å². The second kappa shape index (κ2) is 10.2. The van der Waals surface area contributed by atoms with Crippen LogP contribution in [0.4, 0.5) is 29.2 Å². The Morgan fingerprint density at radius 3 is 2.67 bits per heavy atom. The topological polar surface area (TPSA) is 154 Å². The number of piperidine rings is 1. The number of aliphatic hydroxyl groups is 1. The molecule has 39 heavy (non-hydrogen) atoms. The molecule has 5 N–H and O–H groups in total. The maximum atomic E-state index is 14.9. The highest BCUT2D eigenvalue weighted by Crippen LogP contribution is 2.33. The molecule has 3 aromatic heterocycles. The van der Waals surface area contributed by atoms with Crippen molar-refractivity contribution in [1.29, 1.82) is 0 Å². The van der Waals surface area contributed by atoms with Gasteiger partial charge in [-0.25, -0.2) is 32.5 Å². The molecule has 4 aromatic rings. The number of aliphatic hydroxyl groups excluding tert-OH is 1. The molecule has 1 aromatic carbocycles. The zero-order valence-corrected chi connectivity index (χ0v) is 20.7. The van der Waals surface area contributed by atoms with Crippen molar-refractivity contribution in [2.75, 3.05) is 30.8 Å². The van der Waals surface area contributed by atoms with Crippen LogP contribution in [-0.2, 0) is 6.54 Å². The summed E-state index contributed by atoms with van der Waals surface area (Å²) < 4.78 is 62.6. The van der Waals surface area contributed by atoms with E-state index in [9.17, 15) is 22.7 Å². The van der Waals surface area contributed by atoms with E-state index in [1.54, 1.807) is 9.47 Å². The third-order valence-electron chi connectivity index (χ3n) is 6.82. The number of nitrogen functional groups attached to an aromatic ring is 1. The average Bonchev–Trinajstić information content (AvgIpc) is 3.33. The van der Waals surface area contributed by atoms with Gasteiger partial charge in [-0.3, -0.25) is 0 Å². The number of hydrogen-bond acceptors (Lipinski definition) is 10. The number of methoxy groups -OCH3 is 1. The molecule has 15 heteroatoms. The molecule has 0 amide bonds. The summed E-state index contributed by atoms with van der Waals surface area (Å²) >= 11 is 0. The molecule has 1 aliphatic rings. The number of anilines is 2. The molecular weight excluding hydrogens is 522 g/mol. The van der Waals surface area contributed by atoms with Gasteiger partial charge in [0.1, 0.15) is 23.8 Å². The lowest BCUT2D eigenvalue weighted by atomic mass is 9.84. The van der Waals surface area contributed by atoms with Crippen LogP contribution in [0, 0.1) is 11.6 Å². The molecule has 0 saturated carbocycles. The van der Waals surface area contributed by atoms with Crippen molar-refractivity contribution < 1.29 is 27.4 Å². The van der Waals surface area contributed by atoms with Gasteiger partial charge >= 0.3 is 0 Å². The van der Waals surface area contributed by atoms with Crippen LogP contribution < -0.4 is 21.1 Å². The van der Waals surface area contributed by atoms with Crippen LogP contribution >= 0.6 is 0 Å². The Labute approximate surface area is 219 Å². The molecule has 0 unspecified atom stereocenters. The predicted molar refractivity (Wildman–Crippen MR) is 133 cm³/mol. The number of rotatable bonds is 7. The van der Waals surface area contributed by atoms with Gasteiger partial charge in [0, 0.05) is 30.3 Å². The smallest absolute Gasteiger partial charge is 0.265 e. The fourth-order valence-corrected chi connectivity index (χ4v) is 4.80. The summed E-state index contributed by atoms with van der Waals surface area (Å²) in [6.07, 6.45) is -1.74. The summed E-state index contributed by atoms with van der Waals surface area (Å²) in [4.78, 5) is 14.1. The van der Waals surface area contributed by atoms with E-state index in [2.05, 4.69) is 25.1 Å². The maximum Gasteiger partial charge on any atom is 0.265 e. The Kier molecular flexibility index (Phi) is 6.94. The number of benzene rings is 1. The van der Waals surface area contributed by atoms with E-state index >= 15 is 0 Å². The summed E-state index contributed by atoms with van der Waals surface area (Å²) in [6.45, 7) is 0.336. The van der Waals surface area contributed by atoms with Gasteiger partial charge in [-0.1, -0.05) is 0 Å². The minimum atomic E-state index is -3.03. The summed E-state index contributed by atoms with van der Waals surface area (Å²) in [5.74, 6) is -1.40. The number of halogens is 4. The van der Waals surface area contributed by atoms with E-state index in [4.69, 9.17) is 16.2 Å². The second-order valence-corrected chi connectivity index (χ2v) is 9.39. The first-order valence-electron chi connectivity index (χ1n) is 11.9. The van der Waals surface area contributed by atoms with Crippen LogP contribution in [0.3, 0.4) is 0 Å². The fourth-order valence-electron chi connectivity index (χ4n) is 4.80. The normalized spacial score (nSPS) is 18.6. The molecule has 2 atom stereocenters. The van der Waals surface area contributed by atoms with Crippen molar-refractivity contribution in [1.82, 2.24) is 29.7 Å². The monoisotopic (exact) mass is 547 g/mol. The molecule has 1 saturated heterocycles. The van der Waals surface area contributed by atoms with E-state index in [1.165, 1.54) is 25.8 Å². The highest BCUT2D eigenvalue weighted by molar-refractivity contribution is 5.81. The molecule has 11 nitrogen and oxygen atoms in total. The Morgan fingerprint density at radius 2 is 1.92 bits per heavy atom. The molecule has 0 aliphatic carbocycles. The van der Waals surface area contributed by atoms with Crippen LogP contribution in [0.5, 0.6) is 5.75 Å². The number of nitrogens with two attached hydrogens (primary N) is 2. The minimum absolute atomic E-state index is 0.0231. The minimum Gasteiger partial charge on any atom is -0.494 e. The molecule has 0 radical (unpaired) electrons. The quantitative estimate of drug-likeness (QED) is 0.293. The molecule has 5 rings (SSSR count). The molecule has 1 fully saturated rings. The first-order chi connectivity index (χ1) is 18.6. The summed E-state index contributed by atoms with van der Waals surface area (Å²) in [5.41, 5.74) is 11.6. The number of nitrogens with zero attached hydrogens (tertiary/aromatic N) is 7. The molecule has 0 spiro atoms. The van der Waals surface area contributed by atoms with E-state index in [0.717, 1.165) is 12.1 Å². The number of hydrogen-bond donors (Lipinski definition) is 3. The number of ether oxygens (including phenoxy) is 1. The predicted octanol–water partition coefficient (Wildman–Crippen LogP) is 2.12. The van der Waals surface area contributed by atoms with E-state index in [0.29, 0.717) is 29.7 Å². The first-order valence-corrected chi connectivity index (χ1v) is 11.9. The molecule has 206 valence electrons. The van der Waals surface area contributed by atoms with E-state index < -0.39 is 29.7 Å². The van der Waals surface area contributed by atoms with Crippen molar-refractivity contribution >= 4 is 22.8 Å². The standard InChI is InChI=1S/C24H25F4N9O2/c1-39-17-7-14(25)13(6-15(17)26)16-5-12(8-37-11-33-18-21(29)31-10-32-23(18)37)22(35-34-16)36-4-2-3-24(30,9-36)19(38)20(27)28/h5-7,10-11,19-20,38H,2-4,8-9,30H2,1H3,(H2,29,31,32)/t19-,24+/m0/s1. The van der Waals surface area contributed by atoms with Gasteiger partial charge < -0.3 is 30.8 Å². The van der Waals surface area contributed by atoms with Crippen molar-refractivity contribution in [3.05, 3.63) is 48.1 Å². The van der Waals surface area contributed by atoms with Crippen LogP contribution in [-0.4, -0.2) is 73.1 Å². The Bertz CT molecular complexity index is 1520. The second-order valence-electron chi connectivity index (χ2n) is 9.39. The first kappa shape index (κ1) is 26.5. The zero-order chi connectivity index (χ0) is 27.9. The van der Waals surface area contributed by atoms with Crippen LogP contribution in [0.1, 0.15) is 18.4 Å². The van der Waals surface area contributed by atoms with Crippen LogP contribution in [0.2, 0.25) is 0 Å². The molecule has 1 aliphatic heterocycles. The molecule has 0 bridgehead atoms. The summed E-state index contributed by atoms with van der Waals surface area (Å²) in [6, 6.07) is 3.37. The van der Waals surface area contributed by atoms with Crippen LogP contribution in [0.25, 0.3) is 22.4 Å². The number of aromatic nitrogens is 6. The van der Waals surface area contributed by atoms with Crippen molar-refractivity contribution in [2.24, 2.45) is 5.73 Å². The SMILES string of the molecule is COc1cc(F)c(-c2cc(Cn3cnc4c(N)ncnc43)c(N3CCC[C@](N)([C@@H](O)C(F)F)C3)nn2)cc1F. The van der Waals surface area contributed by atoms with Gasteiger partial charge in [0.15, 0.2) is 28.8 Å². The third kappa shape index (κ3) is 4.90. The number of fused-ring (bicyclic) bond motifs is 1. The van der Waals surface area contributed by atoms with Crippen LogP contribution in [0.15, 0.2) is 30.9 Å². The van der Waals surface area contributed by atoms with Gasteiger partial charge in [-0.2, -0.15) is 0 Å². The lowest BCUT2D eigenvalue weighted by molar-refractivity contribution is -0.0530. The highest BCUT2D eigenvalue weighted by Gasteiger charge is 2.43. The van der Waals surface area contributed by atoms with Crippen molar-refractivity contribution in [2.45, 2.75) is 37.5 Å². The van der Waals surface area contributed by atoms with E-state index in [1.807, 2.05) is 0 Å². The molecule has 4 heterocycles. The average molecular weight is 548 g/mol. The lowest BCUT2D eigenvalue weighted by Crippen LogP contribution is -2.63.